The van der Waals surface area contributed by atoms with Gasteiger partial charge in [-0.3, -0.25) is 9.59 Å². The third-order valence-electron chi connectivity index (χ3n) is 2.91. The van der Waals surface area contributed by atoms with Crippen molar-refractivity contribution in [2.24, 2.45) is 0 Å². The number of Topliss-reactive ketones (excluding diaryl/α,β-unsaturated/α-hetero) is 2. The number of hydrogen-bond acceptors (Lipinski definition) is 4. The average Bonchev–Trinajstić information content (AvgIpc) is 2.44. The van der Waals surface area contributed by atoms with Crippen LogP contribution in [0.4, 0.5) is 0 Å². The van der Waals surface area contributed by atoms with Gasteiger partial charge in [0.1, 0.15) is 0 Å². The number of benzene rings is 2. The van der Waals surface area contributed by atoms with Crippen LogP contribution in [-0.2, 0) is 0 Å². The Balaban J connectivity index is 2.63. The highest BCUT2D eigenvalue weighted by atomic mass is 127. The van der Waals surface area contributed by atoms with Crippen LogP contribution in [0.1, 0.15) is 34.6 Å². The lowest BCUT2D eigenvalue weighted by Gasteiger charge is -2.06. The second kappa shape index (κ2) is 6.26. The first-order valence-corrected chi connectivity index (χ1v) is 8.38. The predicted octanol–water partition coefficient (Wildman–Crippen LogP) is -0.369. The van der Waals surface area contributed by atoms with Crippen molar-refractivity contribution in [2.45, 2.75) is 13.8 Å². The first-order valence-electron chi connectivity index (χ1n) is 6.22. The molecule has 108 valence electrons. The van der Waals surface area contributed by atoms with E-state index >= 15 is 0 Å². The van der Waals surface area contributed by atoms with Gasteiger partial charge in [-0.05, 0) is 32.0 Å². The number of ketones is 2. The fraction of sp³-hybridized carbons (Fsp3) is 0.125. The molecule has 5 heteroatoms. The summed E-state index contributed by atoms with van der Waals surface area (Å²) >= 11 is -0.904. The molecule has 2 rings (SSSR count). The highest BCUT2D eigenvalue weighted by molar-refractivity contribution is 6.02. The lowest BCUT2D eigenvalue weighted by atomic mass is 10.0. The lowest BCUT2D eigenvalue weighted by Crippen LogP contribution is -3.61. The van der Waals surface area contributed by atoms with E-state index < -0.39 is 21.2 Å². The Morgan fingerprint density at radius 2 is 1.38 bits per heavy atom. The summed E-state index contributed by atoms with van der Waals surface area (Å²) in [6, 6.07) is 10.6. The molecule has 4 nitrogen and oxygen atoms in total. The number of phenols is 2. The van der Waals surface area contributed by atoms with Crippen molar-refractivity contribution >= 4 is 11.6 Å². The van der Waals surface area contributed by atoms with E-state index in [0.29, 0.717) is 3.57 Å². The van der Waals surface area contributed by atoms with Gasteiger partial charge in [-0.25, -0.2) is 0 Å². The number of carbonyl (C=O) groups excluding carboxylic acids is 2. The maximum absolute atomic E-state index is 11.6. The molecule has 2 aromatic carbocycles. The molecular weight excluding hydrogens is 383 g/mol. The van der Waals surface area contributed by atoms with Gasteiger partial charge in [0.15, 0.2) is 26.6 Å². The average molecular weight is 397 g/mol. The van der Waals surface area contributed by atoms with Crippen LogP contribution in [0.5, 0.6) is 11.5 Å². The molecule has 0 fully saturated rings. The highest BCUT2D eigenvalue weighted by Gasteiger charge is 2.31. The minimum atomic E-state index is -0.904. The molecule has 0 aliphatic heterocycles. The molecule has 0 heterocycles. The first-order chi connectivity index (χ1) is 9.91. The molecule has 0 aromatic heterocycles. The van der Waals surface area contributed by atoms with Crippen LogP contribution in [0.2, 0.25) is 0 Å². The largest absolute Gasteiger partial charge is 0.503 e. The Hall–Kier alpha value is -1.89. The molecule has 21 heavy (non-hydrogen) atoms. The summed E-state index contributed by atoms with van der Waals surface area (Å²) in [4.78, 5) is 23.2. The van der Waals surface area contributed by atoms with Crippen LogP contribution in [0.25, 0.3) is 0 Å². The summed E-state index contributed by atoms with van der Waals surface area (Å²) < 4.78 is 1.27. The molecule has 0 atom stereocenters. The third-order valence-corrected chi connectivity index (χ3v) is 5.81. The van der Waals surface area contributed by atoms with Crippen molar-refractivity contribution < 1.29 is 41.0 Å². The van der Waals surface area contributed by atoms with Crippen LogP contribution < -0.4 is 21.2 Å². The molecule has 0 spiro atoms. The summed E-state index contributed by atoms with van der Waals surface area (Å²) in [7, 11) is 0. The van der Waals surface area contributed by atoms with E-state index in [9.17, 15) is 19.8 Å². The van der Waals surface area contributed by atoms with Gasteiger partial charge in [0, 0.05) is 0 Å². The molecule has 0 saturated heterocycles. The summed E-state index contributed by atoms with van der Waals surface area (Å²) in [6.07, 6.45) is 0. The Bertz CT molecular complexity index is 670. The molecular formula is C16H14IO4+. The summed E-state index contributed by atoms with van der Waals surface area (Å²) in [6.45, 7) is 2.64. The van der Waals surface area contributed by atoms with Gasteiger partial charge in [0.25, 0.3) is 3.57 Å². The van der Waals surface area contributed by atoms with Crippen molar-refractivity contribution in [2.75, 3.05) is 0 Å². The minimum Gasteiger partial charge on any atom is -0.503 e. The van der Waals surface area contributed by atoms with Gasteiger partial charge in [0.05, 0.1) is 11.1 Å². The van der Waals surface area contributed by atoms with Crippen molar-refractivity contribution in [3.63, 3.8) is 0 Å². The van der Waals surface area contributed by atoms with Gasteiger partial charge in [-0.2, -0.15) is 0 Å². The fourth-order valence-corrected chi connectivity index (χ4v) is 4.33. The summed E-state index contributed by atoms with van der Waals surface area (Å²) in [5.74, 6) is -1.12. The van der Waals surface area contributed by atoms with Crippen LogP contribution in [0.3, 0.4) is 0 Å². The molecule has 0 aliphatic rings. The van der Waals surface area contributed by atoms with E-state index in [1.54, 1.807) is 0 Å². The van der Waals surface area contributed by atoms with Gasteiger partial charge in [-0.1, -0.05) is 18.2 Å². The number of carbonyl (C=O) groups is 2. The van der Waals surface area contributed by atoms with E-state index in [-0.39, 0.29) is 34.2 Å². The van der Waals surface area contributed by atoms with E-state index in [1.165, 1.54) is 19.9 Å². The lowest BCUT2D eigenvalue weighted by molar-refractivity contribution is -0.599. The Morgan fingerprint density at radius 3 is 1.81 bits per heavy atom. The molecule has 2 aromatic rings. The topological polar surface area (TPSA) is 74.6 Å². The second-order valence-corrected chi connectivity index (χ2v) is 7.35. The van der Waals surface area contributed by atoms with Crippen LogP contribution in [0, 0.1) is 7.14 Å². The molecule has 0 saturated carbocycles. The van der Waals surface area contributed by atoms with Gasteiger partial charge in [0.2, 0.25) is 0 Å². The Morgan fingerprint density at radius 1 is 0.905 bits per heavy atom. The monoisotopic (exact) mass is 397 g/mol. The van der Waals surface area contributed by atoms with E-state index in [0.717, 1.165) is 3.57 Å². The zero-order valence-corrected chi connectivity index (χ0v) is 13.7. The van der Waals surface area contributed by atoms with Crippen molar-refractivity contribution in [3.8, 4) is 11.5 Å². The Kier molecular flexibility index (Phi) is 4.62. The molecule has 0 bridgehead atoms. The Labute approximate surface area is 132 Å². The maximum atomic E-state index is 11.6. The van der Waals surface area contributed by atoms with Crippen LogP contribution >= 0.6 is 0 Å². The molecule has 2 N–H and O–H groups in total. The zero-order valence-electron chi connectivity index (χ0n) is 11.6. The predicted molar refractivity (Wildman–Crippen MR) is 73.6 cm³/mol. The highest BCUT2D eigenvalue weighted by Crippen LogP contribution is 2.28. The van der Waals surface area contributed by atoms with Gasteiger partial charge >= 0.3 is 21.2 Å². The first kappa shape index (κ1) is 15.5. The van der Waals surface area contributed by atoms with Crippen molar-refractivity contribution in [1.82, 2.24) is 0 Å². The minimum absolute atomic E-state index is 0.0728. The third kappa shape index (κ3) is 3.24. The second-order valence-electron chi connectivity index (χ2n) is 4.49. The molecule has 0 aliphatic carbocycles. The number of rotatable bonds is 4. The van der Waals surface area contributed by atoms with Crippen molar-refractivity contribution in [1.29, 1.82) is 0 Å². The molecule has 0 amide bonds. The number of phenolic OH excluding ortho intramolecular Hbond substituents is 2. The summed E-state index contributed by atoms with van der Waals surface area (Å²) in [5, 5.41) is 20.5. The molecule has 0 unspecified atom stereocenters. The smallest absolute Gasteiger partial charge is 0.366 e. The quantitative estimate of drug-likeness (QED) is 0.546. The van der Waals surface area contributed by atoms with Gasteiger partial charge in [-0.15, -0.1) is 0 Å². The van der Waals surface area contributed by atoms with Gasteiger partial charge < -0.3 is 10.2 Å². The van der Waals surface area contributed by atoms with Crippen LogP contribution in [0.15, 0.2) is 36.4 Å². The number of aromatic hydroxyl groups is 2. The van der Waals surface area contributed by atoms with Crippen LogP contribution in [-0.4, -0.2) is 21.8 Å². The van der Waals surface area contributed by atoms with E-state index in [2.05, 4.69) is 0 Å². The zero-order chi connectivity index (χ0) is 15.6. The fourth-order valence-electron chi connectivity index (χ4n) is 1.84. The van der Waals surface area contributed by atoms with Crippen molar-refractivity contribution in [3.05, 3.63) is 54.7 Å². The van der Waals surface area contributed by atoms with E-state index in [1.807, 2.05) is 30.3 Å². The standard InChI is InChI=1S/C16H13IO4/c1-9(18)12-8-13(10(2)19)16(21)14(15(12)20)17-11-6-4-3-5-7-11/h3-8H,1-2H3,(H-,18,19,20,21)/p+1. The maximum Gasteiger partial charge on any atom is 0.366 e. The van der Waals surface area contributed by atoms with E-state index in [4.69, 9.17) is 0 Å². The number of hydrogen-bond donors (Lipinski definition) is 2. The molecule has 0 radical (unpaired) electrons. The number of halogens is 1. The SMILES string of the molecule is CC(=O)c1cc(C(C)=O)c(O)c([I+]c2ccccc2)c1O. The normalized spacial score (nSPS) is 10.4. The summed E-state index contributed by atoms with van der Waals surface area (Å²) in [5.41, 5.74) is 0.146.